The van der Waals surface area contributed by atoms with Gasteiger partial charge in [0.1, 0.15) is 0 Å². The molecule has 2 N–H and O–H groups in total. The molecule has 1 atom stereocenters. The van der Waals surface area contributed by atoms with Crippen molar-refractivity contribution in [3.05, 3.63) is 48.6 Å². The summed E-state index contributed by atoms with van der Waals surface area (Å²) in [5, 5.41) is 18.3. The van der Waals surface area contributed by atoms with Crippen LogP contribution in [0.25, 0.3) is 22.3 Å². The maximum Gasteiger partial charge on any atom is 0.241 e. The minimum absolute atomic E-state index is 0.0934. The zero-order valence-corrected chi connectivity index (χ0v) is 22.2. The van der Waals surface area contributed by atoms with E-state index >= 15 is 0 Å². The first-order valence-electron chi connectivity index (χ1n) is 13.3. The van der Waals surface area contributed by atoms with Gasteiger partial charge in [-0.25, -0.2) is 9.50 Å². The summed E-state index contributed by atoms with van der Waals surface area (Å²) >= 11 is 0. The number of anilines is 1. The van der Waals surface area contributed by atoms with Gasteiger partial charge in [0.15, 0.2) is 0 Å². The number of methoxy groups -OCH3 is 1. The molecular formula is C28H39N7O2. The predicted octanol–water partition coefficient (Wildman–Crippen LogP) is 3.47. The highest BCUT2D eigenvalue weighted by molar-refractivity contribution is 5.81. The van der Waals surface area contributed by atoms with Crippen LogP contribution in [0.15, 0.2) is 37.2 Å². The SMILES string of the molecule is C=C(c1ccc(-c2cc(C3CCC(O)CC3)n3nc(N[C@@H](C)COC)ncc23)cn1)N1CCN(C)CC1. The van der Waals surface area contributed by atoms with Crippen LogP contribution in [0.1, 0.15) is 49.9 Å². The molecule has 1 aliphatic carbocycles. The van der Waals surface area contributed by atoms with Crippen LogP contribution in [0.3, 0.4) is 0 Å². The van der Waals surface area contributed by atoms with E-state index in [4.69, 9.17) is 14.8 Å². The summed E-state index contributed by atoms with van der Waals surface area (Å²) < 4.78 is 7.29. The molecule has 1 saturated carbocycles. The number of piperazine rings is 1. The van der Waals surface area contributed by atoms with Crippen LogP contribution in [-0.4, -0.2) is 93.6 Å². The zero-order chi connectivity index (χ0) is 25.9. The second kappa shape index (κ2) is 11.2. The number of likely N-dealkylation sites (N-methyl/N-ethyl adjacent to an activating group) is 1. The van der Waals surface area contributed by atoms with Crippen LogP contribution >= 0.6 is 0 Å². The van der Waals surface area contributed by atoms with E-state index in [0.29, 0.717) is 18.5 Å². The van der Waals surface area contributed by atoms with E-state index in [9.17, 15) is 5.11 Å². The summed E-state index contributed by atoms with van der Waals surface area (Å²) in [5.74, 6) is 0.918. The number of aliphatic hydroxyl groups excluding tert-OH is 1. The molecule has 0 bridgehead atoms. The molecule has 37 heavy (non-hydrogen) atoms. The molecule has 2 aliphatic rings. The van der Waals surface area contributed by atoms with Crippen LogP contribution in [0.2, 0.25) is 0 Å². The predicted molar refractivity (Wildman–Crippen MR) is 146 cm³/mol. The number of hydrogen-bond acceptors (Lipinski definition) is 8. The Bertz CT molecular complexity index is 1210. The van der Waals surface area contributed by atoms with Crippen molar-refractivity contribution in [2.75, 3.05) is 52.3 Å². The molecular weight excluding hydrogens is 466 g/mol. The highest BCUT2D eigenvalue weighted by Gasteiger charge is 2.26. The van der Waals surface area contributed by atoms with Gasteiger partial charge in [0, 0.05) is 68.3 Å². The minimum Gasteiger partial charge on any atom is -0.393 e. The summed E-state index contributed by atoms with van der Waals surface area (Å²) in [4.78, 5) is 14.1. The van der Waals surface area contributed by atoms with E-state index in [1.807, 2.05) is 23.8 Å². The van der Waals surface area contributed by atoms with Crippen molar-refractivity contribution in [2.24, 2.45) is 0 Å². The van der Waals surface area contributed by atoms with Gasteiger partial charge in [0.25, 0.3) is 0 Å². The summed E-state index contributed by atoms with van der Waals surface area (Å²) in [6.45, 7) is 11.0. The highest BCUT2D eigenvalue weighted by Crippen LogP contribution is 2.37. The number of aromatic nitrogens is 4. The zero-order valence-electron chi connectivity index (χ0n) is 22.2. The van der Waals surface area contributed by atoms with E-state index in [-0.39, 0.29) is 12.1 Å². The van der Waals surface area contributed by atoms with Crippen LogP contribution in [0, 0.1) is 0 Å². The fourth-order valence-electron chi connectivity index (χ4n) is 5.45. The molecule has 0 aromatic carbocycles. The fraction of sp³-hybridized carbons (Fsp3) is 0.536. The molecule has 2 fully saturated rings. The van der Waals surface area contributed by atoms with Crippen LogP contribution < -0.4 is 5.32 Å². The molecule has 9 heteroatoms. The molecule has 1 saturated heterocycles. The van der Waals surface area contributed by atoms with Gasteiger partial charge in [-0.3, -0.25) is 4.98 Å². The lowest BCUT2D eigenvalue weighted by Crippen LogP contribution is -2.43. The molecule has 1 aliphatic heterocycles. The largest absolute Gasteiger partial charge is 0.393 e. The highest BCUT2D eigenvalue weighted by atomic mass is 16.5. The van der Waals surface area contributed by atoms with Crippen molar-refractivity contribution >= 4 is 17.2 Å². The maximum atomic E-state index is 10.1. The molecule has 0 unspecified atom stereocenters. The Balaban J connectivity index is 1.45. The Morgan fingerprint density at radius 3 is 2.57 bits per heavy atom. The average Bonchev–Trinajstić information content (AvgIpc) is 3.28. The Kier molecular flexibility index (Phi) is 7.73. The third-order valence-corrected chi connectivity index (χ3v) is 7.71. The molecule has 0 radical (unpaired) electrons. The fourth-order valence-corrected chi connectivity index (χ4v) is 5.45. The quantitative estimate of drug-likeness (QED) is 0.481. The standard InChI is InChI=1S/C28H39N7O2/c1-19(18-37-4)31-28-30-17-27-24(15-26(35(27)32-28)21-5-8-23(36)9-6-21)22-7-10-25(29-16-22)20(2)34-13-11-33(3)12-14-34/h7,10,15-17,19,21,23,36H,2,5-6,8-9,11-14,18H2,1,3-4H3,(H,31,32)/t19-,21?,23?/m0/s1. The lowest BCUT2D eigenvalue weighted by Gasteiger charge is -2.34. The summed E-state index contributed by atoms with van der Waals surface area (Å²) in [5.41, 5.74) is 6.11. The second-order valence-corrected chi connectivity index (χ2v) is 10.5. The summed E-state index contributed by atoms with van der Waals surface area (Å²) in [6.07, 6.45) is 7.16. The summed E-state index contributed by atoms with van der Waals surface area (Å²) in [7, 11) is 3.85. The number of hydrogen-bond donors (Lipinski definition) is 2. The molecule has 9 nitrogen and oxygen atoms in total. The molecule has 5 rings (SSSR count). The van der Waals surface area contributed by atoms with Gasteiger partial charge in [-0.1, -0.05) is 12.6 Å². The monoisotopic (exact) mass is 505 g/mol. The van der Waals surface area contributed by atoms with Crippen molar-refractivity contribution in [3.8, 4) is 11.1 Å². The molecule has 0 amide bonds. The lowest BCUT2D eigenvalue weighted by molar-refractivity contribution is 0.121. The second-order valence-electron chi connectivity index (χ2n) is 10.5. The Morgan fingerprint density at radius 1 is 1.14 bits per heavy atom. The normalized spacial score (nSPS) is 21.8. The van der Waals surface area contributed by atoms with Gasteiger partial charge < -0.3 is 25.0 Å². The number of nitrogens with one attached hydrogen (secondary N) is 1. The Hall–Kier alpha value is -3.01. The molecule has 3 aromatic rings. The third kappa shape index (κ3) is 5.63. The van der Waals surface area contributed by atoms with E-state index in [0.717, 1.165) is 85.6 Å². The van der Waals surface area contributed by atoms with Crippen LogP contribution in [0.4, 0.5) is 5.95 Å². The van der Waals surface area contributed by atoms with Crippen molar-refractivity contribution in [2.45, 2.75) is 50.7 Å². The van der Waals surface area contributed by atoms with Gasteiger partial charge in [-0.2, -0.15) is 0 Å². The lowest BCUT2D eigenvalue weighted by atomic mass is 9.85. The van der Waals surface area contributed by atoms with Gasteiger partial charge >= 0.3 is 0 Å². The van der Waals surface area contributed by atoms with E-state index in [1.54, 1.807) is 7.11 Å². The van der Waals surface area contributed by atoms with E-state index in [2.05, 4.69) is 51.9 Å². The number of aliphatic hydroxyl groups is 1. The topological polar surface area (TPSA) is 91.0 Å². The van der Waals surface area contributed by atoms with E-state index < -0.39 is 0 Å². The number of rotatable bonds is 8. The number of ether oxygens (including phenoxy) is 1. The van der Waals surface area contributed by atoms with Crippen LogP contribution in [0.5, 0.6) is 0 Å². The van der Waals surface area contributed by atoms with Crippen molar-refractivity contribution < 1.29 is 9.84 Å². The third-order valence-electron chi connectivity index (χ3n) is 7.71. The van der Waals surface area contributed by atoms with Crippen molar-refractivity contribution in [3.63, 3.8) is 0 Å². The van der Waals surface area contributed by atoms with E-state index in [1.165, 1.54) is 0 Å². The van der Waals surface area contributed by atoms with Crippen molar-refractivity contribution in [1.82, 2.24) is 29.4 Å². The van der Waals surface area contributed by atoms with Gasteiger partial charge in [0.05, 0.1) is 35.8 Å². The molecule has 0 spiro atoms. The first kappa shape index (κ1) is 25.6. The maximum absolute atomic E-state index is 10.1. The summed E-state index contributed by atoms with van der Waals surface area (Å²) in [6, 6.07) is 6.52. The van der Waals surface area contributed by atoms with Crippen LogP contribution in [-0.2, 0) is 4.74 Å². The Morgan fingerprint density at radius 2 is 1.89 bits per heavy atom. The van der Waals surface area contributed by atoms with Gasteiger partial charge in [-0.05, 0) is 51.8 Å². The first-order chi connectivity index (χ1) is 17.9. The van der Waals surface area contributed by atoms with Gasteiger partial charge in [-0.15, -0.1) is 5.10 Å². The van der Waals surface area contributed by atoms with Gasteiger partial charge in [0.2, 0.25) is 5.95 Å². The number of pyridine rings is 1. The first-order valence-corrected chi connectivity index (χ1v) is 13.3. The molecule has 3 aromatic heterocycles. The molecule has 4 heterocycles. The smallest absolute Gasteiger partial charge is 0.241 e. The molecule has 198 valence electrons. The number of nitrogens with zero attached hydrogens (tertiary/aromatic N) is 6. The minimum atomic E-state index is -0.200. The van der Waals surface area contributed by atoms with Crippen molar-refractivity contribution in [1.29, 1.82) is 0 Å². The average molecular weight is 506 g/mol. The Labute approximate surface area is 219 Å². The number of fused-ring (bicyclic) bond motifs is 1.